The molecule has 0 aliphatic heterocycles. The number of halogens is 1. The van der Waals surface area contributed by atoms with Crippen molar-refractivity contribution in [2.24, 2.45) is 0 Å². The Morgan fingerprint density at radius 3 is 2.32 bits per heavy atom. The number of carbonyl (C=O) groups is 1. The molecule has 3 nitrogen and oxygen atoms in total. The number of aliphatic hydroxyl groups excluding tert-OH is 1. The van der Waals surface area contributed by atoms with Gasteiger partial charge < -0.3 is 5.11 Å². The number of benzene rings is 2. The van der Waals surface area contributed by atoms with Gasteiger partial charge in [-0.3, -0.25) is 4.79 Å². The van der Waals surface area contributed by atoms with Gasteiger partial charge in [-0.25, -0.2) is 0 Å². The molecule has 106 valence electrons. The zero-order valence-electron chi connectivity index (χ0n) is 11.4. The number of Topliss-reactive ketones (excluding diaryl/α,β-unsaturated/α-hetero) is 1. The van der Waals surface area contributed by atoms with Crippen LogP contribution in [0.15, 0.2) is 60.4 Å². The van der Waals surface area contributed by atoms with Crippen molar-refractivity contribution in [3.8, 4) is 6.07 Å². The molecule has 0 saturated heterocycles. The van der Waals surface area contributed by atoms with Gasteiger partial charge in [0.25, 0.3) is 0 Å². The van der Waals surface area contributed by atoms with Crippen molar-refractivity contribution in [1.29, 1.82) is 5.26 Å². The summed E-state index contributed by atoms with van der Waals surface area (Å²) >= 11 is 5.87. The topological polar surface area (TPSA) is 61.1 Å². The molecular formula is C18H10ClNO2. The van der Waals surface area contributed by atoms with Crippen LogP contribution < -0.4 is 0 Å². The molecule has 0 bridgehead atoms. The Balaban J connectivity index is 2.30. The van der Waals surface area contributed by atoms with E-state index in [1.807, 2.05) is 0 Å². The average molecular weight is 308 g/mol. The predicted octanol–water partition coefficient (Wildman–Crippen LogP) is 4.41. The molecule has 0 amide bonds. The summed E-state index contributed by atoms with van der Waals surface area (Å²) in [6, 6.07) is 15.9. The summed E-state index contributed by atoms with van der Waals surface area (Å²) in [5.74, 6) is -0.803. The van der Waals surface area contributed by atoms with E-state index in [1.165, 1.54) is 6.08 Å². The monoisotopic (exact) mass is 307 g/mol. The lowest BCUT2D eigenvalue weighted by atomic mass is 9.86. The van der Waals surface area contributed by atoms with E-state index < -0.39 is 5.78 Å². The Kier molecular flexibility index (Phi) is 3.54. The molecule has 0 heterocycles. The highest BCUT2D eigenvalue weighted by molar-refractivity contribution is 6.30. The number of hydrogen-bond donors (Lipinski definition) is 1. The van der Waals surface area contributed by atoms with Crippen LogP contribution in [0.5, 0.6) is 0 Å². The largest absolute Gasteiger partial charge is 0.504 e. The first-order valence-electron chi connectivity index (χ1n) is 6.57. The summed E-state index contributed by atoms with van der Waals surface area (Å²) in [7, 11) is 0. The number of fused-ring (bicyclic) bond motifs is 1. The second-order valence-corrected chi connectivity index (χ2v) is 5.25. The SMILES string of the molecule is N#C/C(=C1\C=C(O)C(=O)c2ccccc21)c1ccc(Cl)cc1. The van der Waals surface area contributed by atoms with Gasteiger partial charge >= 0.3 is 0 Å². The molecule has 0 saturated carbocycles. The van der Waals surface area contributed by atoms with E-state index in [0.29, 0.717) is 32.9 Å². The van der Waals surface area contributed by atoms with Crippen LogP contribution in [0.2, 0.25) is 5.02 Å². The molecule has 3 rings (SSSR count). The summed E-state index contributed by atoms with van der Waals surface area (Å²) in [6.07, 6.45) is 1.35. The van der Waals surface area contributed by atoms with Crippen molar-refractivity contribution in [3.63, 3.8) is 0 Å². The number of ketones is 1. The Hall–Kier alpha value is -2.83. The highest BCUT2D eigenvalue weighted by Crippen LogP contribution is 2.34. The maximum atomic E-state index is 12.0. The average Bonchev–Trinajstić information content (AvgIpc) is 2.54. The third-order valence-electron chi connectivity index (χ3n) is 3.49. The van der Waals surface area contributed by atoms with Crippen LogP contribution >= 0.6 is 11.6 Å². The molecule has 0 unspecified atom stereocenters. The van der Waals surface area contributed by atoms with E-state index in [-0.39, 0.29) is 5.76 Å². The maximum absolute atomic E-state index is 12.0. The van der Waals surface area contributed by atoms with Crippen molar-refractivity contribution >= 4 is 28.5 Å². The minimum absolute atomic E-state index is 0.365. The van der Waals surface area contributed by atoms with Gasteiger partial charge in [-0.15, -0.1) is 0 Å². The van der Waals surface area contributed by atoms with Gasteiger partial charge in [-0.05, 0) is 29.3 Å². The normalized spacial score (nSPS) is 15.6. The molecule has 0 atom stereocenters. The van der Waals surface area contributed by atoms with Crippen LogP contribution in [0.3, 0.4) is 0 Å². The van der Waals surface area contributed by atoms with E-state index in [4.69, 9.17) is 11.6 Å². The first-order valence-corrected chi connectivity index (χ1v) is 6.94. The summed E-state index contributed by atoms with van der Waals surface area (Å²) in [5, 5.41) is 20.0. The minimum Gasteiger partial charge on any atom is -0.504 e. The third kappa shape index (κ3) is 2.30. The predicted molar refractivity (Wildman–Crippen MR) is 85.4 cm³/mol. The van der Waals surface area contributed by atoms with Crippen molar-refractivity contribution in [2.45, 2.75) is 0 Å². The van der Waals surface area contributed by atoms with E-state index >= 15 is 0 Å². The summed E-state index contributed by atoms with van der Waals surface area (Å²) in [4.78, 5) is 12.0. The summed E-state index contributed by atoms with van der Waals surface area (Å²) in [6.45, 7) is 0. The fraction of sp³-hybridized carbons (Fsp3) is 0. The Bertz CT molecular complexity index is 871. The minimum atomic E-state index is -0.437. The number of allylic oxidation sites excluding steroid dienone is 4. The molecule has 0 spiro atoms. The summed E-state index contributed by atoms with van der Waals surface area (Å²) < 4.78 is 0. The highest BCUT2D eigenvalue weighted by Gasteiger charge is 2.25. The van der Waals surface area contributed by atoms with Gasteiger partial charge in [-0.1, -0.05) is 48.0 Å². The fourth-order valence-electron chi connectivity index (χ4n) is 2.44. The molecule has 2 aromatic carbocycles. The summed E-state index contributed by atoms with van der Waals surface area (Å²) in [5.41, 5.74) is 2.60. The number of nitriles is 1. The number of carbonyl (C=O) groups excluding carboxylic acids is 1. The first-order chi connectivity index (χ1) is 10.6. The molecule has 2 aromatic rings. The highest BCUT2D eigenvalue weighted by atomic mass is 35.5. The van der Waals surface area contributed by atoms with Gasteiger partial charge in [0.1, 0.15) is 6.07 Å². The van der Waals surface area contributed by atoms with Gasteiger partial charge in [0.15, 0.2) is 5.76 Å². The zero-order chi connectivity index (χ0) is 15.7. The van der Waals surface area contributed by atoms with Crippen LogP contribution in [-0.4, -0.2) is 10.9 Å². The molecule has 1 aliphatic carbocycles. The number of aliphatic hydroxyl groups is 1. The molecule has 1 aliphatic rings. The standard InChI is InChI=1S/C18H10ClNO2/c19-12-7-5-11(6-8-12)16(10-20)15-9-17(21)18(22)14-4-2-1-3-13(14)15/h1-9,21H/b16-15-. The Labute approximate surface area is 132 Å². The van der Waals surface area contributed by atoms with Crippen molar-refractivity contribution in [1.82, 2.24) is 0 Å². The Morgan fingerprint density at radius 2 is 1.68 bits per heavy atom. The van der Waals surface area contributed by atoms with Crippen LogP contribution in [-0.2, 0) is 0 Å². The number of rotatable bonds is 1. The van der Waals surface area contributed by atoms with Crippen molar-refractivity contribution < 1.29 is 9.90 Å². The lowest BCUT2D eigenvalue weighted by molar-refractivity contribution is 0.0976. The molecule has 0 aromatic heterocycles. The molecule has 22 heavy (non-hydrogen) atoms. The second kappa shape index (κ2) is 5.51. The van der Waals surface area contributed by atoms with Gasteiger partial charge in [0, 0.05) is 16.2 Å². The quantitative estimate of drug-likeness (QED) is 0.794. The van der Waals surface area contributed by atoms with E-state index in [1.54, 1.807) is 48.5 Å². The van der Waals surface area contributed by atoms with Crippen LogP contribution in [0.25, 0.3) is 11.1 Å². The van der Waals surface area contributed by atoms with Gasteiger partial charge in [0.2, 0.25) is 5.78 Å². The molecule has 1 N–H and O–H groups in total. The molecule has 4 heteroatoms. The Morgan fingerprint density at radius 1 is 1.05 bits per heavy atom. The van der Waals surface area contributed by atoms with Crippen LogP contribution in [0.4, 0.5) is 0 Å². The third-order valence-corrected chi connectivity index (χ3v) is 3.74. The van der Waals surface area contributed by atoms with E-state index in [2.05, 4.69) is 6.07 Å². The fourth-order valence-corrected chi connectivity index (χ4v) is 2.56. The lowest BCUT2D eigenvalue weighted by Gasteiger charge is -2.16. The van der Waals surface area contributed by atoms with Crippen LogP contribution in [0, 0.1) is 11.3 Å². The second-order valence-electron chi connectivity index (χ2n) is 4.81. The number of nitrogens with zero attached hydrogens (tertiary/aromatic N) is 1. The molecule has 0 radical (unpaired) electrons. The maximum Gasteiger partial charge on any atom is 0.227 e. The molecule has 0 fully saturated rings. The van der Waals surface area contributed by atoms with Crippen molar-refractivity contribution in [2.75, 3.05) is 0 Å². The van der Waals surface area contributed by atoms with Gasteiger partial charge in [0.05, 0.1) is 5.57 Å². The zero-order valence-corrected chi connectivity index (χ0v) is 12.1. The van der Waals surface area contributed by atoms with Crippen molar-refractivity contribution in [3.05, 3.63) is 82.1 Å². The number of hydrogen-bond acceptors (Lipinski definition) is 3. The first kappa shape index (κ1) is 14.1. The smallest absolute Gasteiger partial charge is 0.227 e. The van der Waals surface area contributed by atoms with Crippen LogP contribution in [0.1, 0.15) is 21.5 Å². The van der Waals surface area contributed by atoms with E-state index in [9.17, 15) is 15.2 Å². The lowest BCUT2D eigenvalue weighted by Crippen LogP contribution is -2.11. The van der Waals surface area contributed by atoms with Gasteiger partial charge in [-0.2, -0.15) is 5.26 Å². The molecular weight excluding hydrogens is 298 g/mol. The van der Waals surface area contributed by atoms with E-state index in [0.717, 1.165) is 0 Å².